The van der Waals surface area contributed by atoms with E-state index in [-0.39, 0.29) is 36.3 Å². The molecule has 220 valence electrons. The van der Waals surface area contributed by atoms with Crippen LogP contribution in [0.1, 0.15) is 0 Å². The molecule has 3 heterocycles. The number of nitrogens with zero attached hydrogens (tertiary/aromatic N) is 4. The lowest BCUT2D eigenvalue weighted by Gasteiger charge is -2.19. The standard InChI is InChI=1S/C22H16Cl2F6N6O5/c1-3-14(37)32-10-7-39-8-11(10)33-19-31-5-9-6-36(20(38)35(2)18(9)34-19)17-15(23)12(40-21(25,26)27)4-13(16(17)24)41-22(28,29)30/h3-6,10-11H,1,7-8H2,2H3,(H,32,37)/p+1. The molecule has 1 aliphatic heterocycles. The molecule has 11 nitrogen and oxygen atoms in total. The molecule has 1 fully saturated rings. The van der Waals surface area contributed by atoms with Crippen molar-refractivity contribution in [1.29, 1.82) is 0 Å². The van der Waals surface area contributed by atoms with E-state index in [0.717, 1.165) is 16.8 Å². The number of alkyl halides is 6. The van der Waals surface area contributed by atoms with Gasteiger partial charge in [0.25, 0.3) is 5.65 Å². The second-order valence-electron chi connectivity index (χ2n) is 8.37. The predicted molar refractivity (Wildman–Crippen MR) is 130 cm³/mol. The topological polar surface area (TPSA) is 120 Å². The van der Waals surface area contributed by atoms with E-state index in [2.05, 4.69) is 36.7 Å². The van der Waals surface area contributed by atoms with Crippen LogP contribution in [0.15, 0.2) is 35.9 Å². The average Bonchev–Trinajstić information content (AvgIpc) is 3.30. The van der Waals surface area contributed by atoms with Crippen LogP contribution < -0.4 is 30.4 Å². The molecule has 0 radical (unpaired) electrons. The van der Waals surface area contributed by atoms with Crippen molar-refractivity contribution in [2.45, 2.75) is 24.8 Å². The van der Waals surface area contributed by atoms with Crippen molar-refractivity contribution in [2.24, 2.45) is 7.05 Å². The van der Waals surface area contributed by atoms with Gasteiger partial charge in [0.2, 0.25) is 5.91 Å². The maximum Gasteiger partial charge on any atom is 0.573 e. The number of halogens is 8. The molecule has 2 N–H and O–H groups in total. The number of aryl methyl sites for hydroxylation is 1. The van der Waals surface area contributed by atoms with E-state index in [4.69, 9.17) is 27.9 Å². The summed E-state index contributed by atoms with van der Waals surface area (Å²) in [5.41, 5.74) is -1.80. The number of carbonyl (C=O) groups excluding carboxylic acids is 1. The van der Waals surface area contributed by atoms with Crippen LogP contribution in [0, 0.1) is 0 Å². The quantitative estimate of drug-likeness (QED) is 0.232. The smallest absolute Gasteiger partial charge is 0.404 e. The largest absolute Gasteiger partial charge is 0.573 e. The molecule has 41 heavy (non-hydrogen) atoms. The molecule has 1 amide bonds. The first kappa shape index (κ1) is 30.1. The fraction of sp³-hybridized carbons (Fsp3) is 0.318. The highest BCUT2D eigenvalue weighted by molar-refractivity contribution is 6.39. The molecule has 2 atom stereocenters. The molecular formula is C22H17Cl2F6N6O5+. The van der Waals surface area contributed by atoms with E-state index in [9.17, 15) is 35.9 Å². The van der Waals surface area contributed by atoms with Crippen molar-refractivity contribution < 1.29 is 49.9 Å². The van der Waals surface area contributed by atoms with Crippen LogP contribution >= 0.6 is 23.2 Å². The van der Waals surface area contributed by atoms with E-state index in [1.54, 1.807) is 0 Å². The Labute approximate surface area is 235 Å². The number of amides is 1. The summed E-state index contributed by atoms with van der Waals surface area (Å²) in [6.45, 7) is 3.77. The Kier molecular flexibility index (Phi) is 8.24. The fourth-order valence-electron chi connectivity index (χ4n) is 3.85. The highest BCUT2D eigenvalue weighted by Crippen LogP contribution is 2.45. The molecule has 0 saturated carbocycles. The number of hydrogen-bond acceptors (Lipinski definition) is 8. The van der Waals surface area contributed by atoms with E-state index >= 15 is 0 Å². The van der Waals surface area contributed by atoms with Crippen molar-refractivity contribution in [3.63, 3.8) is 0 Å². The number of aromatic nitrogens is 4. The zero-order chi connectivity index (χ0) is 30.3. The summed E-state index contributed by atoms with van der Waals surface area (Å²) in [5.74, 6) is -3.01. The third kappa shape index (κ3) is 6.74. The Hall–Kier alpha value is -3.83. The lowest BCUT2D eigenvalue weighted by atomic mass is 10.1. The van der Waals surface area contributed by atoms with Gasteiger partial charge in [-0.15, -0.1) is 26.3 Å². The van der Waals surface area contributed by atoms with Crippen molar-refractivity contribution >= 4 is 46.1 Å². The van der Waals surface area contributed by atoms with Crippen LogP contribution in [0.4, 0.5) is 32.3 Å². The number of benzene rings is 1. The molecule has 4 rings (SSSR count). The van der Waals surface area contributed by atoms with Gasteiger partial charge in [-0.1, -0.05) is 34.8 Å². The number of anilines is 1. The maximum absolute atomic E-state index is 13.3. The predicted octanol–water partition coefficient (Wildman–Crippen LogP) is 3.19. The van der Waals surface area contributed by atoms with Gasteiger partial charge in [-0.05, 0) is 6.08 Å². The Morgan fingerprint density at radius 3 is 2.29 bits per heavy atom. The minimum absolute atomic E-state index is 0.0102. The monoisotopic (exact) mass is 629 g/mol. The van der Waals surface area contributed by atoms with Gasteiger partial charge < -0.3 is 24.8 Å². The van der Waals surface area contributed by atoms with Crippen LogP contribution in [-0.4, -0.2) is 58.5 Å². The van der Waals surface area contributed by atoms with Gasteiger partial charge in [-0.2, -0.15) is 9.13 Å². The van der Waals surface area contributed by atoms with Crippen LogP contribution in [0.5, 0.6) is 11.5 Å². The van der Waals surface area contributed by atoms with Crippen molar-refractivity contribution in [3.8, 4) is 17.2 Å². The van der Waals surface area contributed by atoms with E-state index in [1.807, 2.05) is 0 Å². The Morgan fingerprint density at radius 1 is 1.15 bits per heavy atom. The highest BCUT2D eigenvalue weighted by Gasteiger charge is 2.38. The van der Waals surface area contributed by atoms with Gasteiger partial charge in [0.1, 0.15) is 15.4 Å². The molecule has 2 unspecified atom stereocenters. The lowest BCUT2D eigenvalue weighted by Crippen LogP contribution is -2.52. The van der Waals surface area contributed by atoms with Gasteiger partial charge in [0.15, 0.2) is 17.2 Å². The number of ether oxygens (including phenoxy) is 3. The molecule has 0 aliphatic carbocycles. The fourth-order valence-corrected chi connectivity index (χ4v) is 4.46. The second-order valence-corrected chi connectivity index (χ2v) is 9.12. The summed E-state index contributed by atoms with van der Waals surface area (Å²) in [6.07, 6.45) is -7.40. The number of carbonyl (C=O) groups is 1. The third-order valence-corrected chi connectivity index (χ3v) is 6.32. The van der Waals surface area contributed by atoms with Crippen LogP contribution in [-0.2, 0) is 16.6 Å². The van der Waals surface area contributed by atoms with Crippen LogP contribution in [0.25, 0.3) is 16.7 Å². The average molecular weight is 630 g/mol. The first-order chi connectivity index (χ1) is 19.1. The van der Waals surface area contributed by atoms with Crippen LogP contribution in [0.3, 0.4) is 0 Å². The molecule has 2 aromatic heterocycles. The Bertz CT molecular complexity index is 1540. The summed E-state index contributed by atoms with van der Waals surface area (Å²) >= 11 is 12.1. The molecule has 19 heteroatoms. The number of rotatable bonds is 7. The zero-order valence-corrected chi connectivity index (χ0v) is 22.0. The molecule has 1 aromatic carbocycles. The normalized spacial score (nSPS) is 17.4. The third-order valence-electron chi connectivity index (χ3n) is 5.59. The molecule has 3 aromatic rings. The highest BCUT2D eigenvalue weighted by atomic mass is 35.5. The molecular weight excluding hydrogens is 613 g/mol. The van der Waals surface area contributed by atoms with Crippen molar-refractivity contribution in [2.75, 3.05) is 18.5 Å². The van der Waals surface area contributed by atoms with Crippen molar-refractivity contribution in [3.05, 3.63) is 51.6 Å². The lowest BCUT2D eigenvalue weighted by molar-refractivity contribution is -0.666. The summed E-state index contributed by atoms with van der Waals surface area (Å²) < 4.78 is 92.2. The molecule has 0 spiro atoms. The SMILES string of the molecule is C=CC(=O)NC1COCC1Nc1ncc2cn(-c3c(Cl)c(OC(F)(F)F)cc(OC(F)(F)F)c3Cl)c(=O)[n+](C)c2n1. The van der Waals surface area contributed by atoms with Gasteiger partial charge in [0.05, 0.1) is 38.5 Å². The van der Waals surface area contributed by atoms with Gasteiger partial charge >= 0.3 is 24.4 Å². The van der Waals surface area contributed by atoms with E-state index in [1.165, 1.54) is 13.2 Å². The van der Waals surface area contributed by atoms with Crippen LogP contribution in [0.2, 0.25) is 10.0 Å². The zero-order valence-electron chi connectivity index (χ0n) is 20.4. The molecule has 1 aliphatic rings. The summed E-state index contributed by atoms with van der Waals surface area (Å²) in [5, 5.41) is 3.89. The molecule has 1 saturated heterocycles. The van der Waals surface area contributed by atoms with Gasteiger partial charge in [-0.25, -0.2) is 9.78 Å². The molecule has 0 bridgehead atoms. The minimum atomic E-state index is -5.36. The van der Waals surface area contributed by atoms with Crippen molar-refractivity contribution in [1.82, 2.24) is 19.9 Å². The first-order valence-electron chi connectivity index (χ1n) is 11.2. The number of fused-ring (bicyclic) bond motifs is 1. The first-order valence-corrected chi connectivity index (χ1v) is 11.9. The van der Waals surface area contributed by atoms with Gasteiger partial charge in [-0.3, -0.25) is 4.79 Å². The summed E-state index contributed by atoms with van der Waals surface area (Å²) in [7, 11) is 1.23. The minimum Gasteiger partial charge on any atom is -0.404 e. The number of hydrogen-bond donors (Lipinski definition) is 2. The second kappa shape index (κ2) is 11.2. The summed E-state index contributed by atoms with van der Waals surface area (Å²) in [4.78, 5) is 33.3. The maximum atomic E-state index is 13.3. The summed E-state index contributed by atoms with van der Waals surface area (Å²) in [6, 6.07) is -0.715. The van der Waals surface area contributed by atoms with E-state index < -0.39 is 63.6 Å². The Balaban J connectivity index is 1.79. The van der Waals surface area contributed by atoms with Gasteiger partial charge in [0, 0.05) is 12.3 Å². The Morgan fingerprint density at radius 2 is 1.73 bits per heavy atom. The number of nitrogens with one attached hydrogen (secondary N) is 2. The van der Waals surface area contributed by atoms with E-state index in [0.29, 0.717) is 4.57 Å².